The van der Waals surface area contributed by atoms with E-state index < -0.39 is 0 Å². The molecule has 1 aliphatic heterocycles. The maximum atomic E-state index is 11.8. The van der Waals surface area contributed by atoms with Crippen molar-refractivity contribution < 1.29 is 14.3 Å². The summed E-state index contributed by atoms with van der Waals surface area (Å²) in [7, 11) is 1.43. The monoisotopic (exact) mass is 257 g/mol. The first-order valence-electron chi connectivity index (χ1n) is 6.63. The fourth-order valence-corrected chi connectivity index (χ4v) is 2.70. The van der Waals surface area contributed by atoms with Crippen LogP contribution in [0.25, 0.3) is 0 Å². The molecule has 1 rings (SSSR count). The van der Waals surface area contributed by atoms with E-state index in [4.69, 9.17) is 9.47 Å². The van der Waals surface area contributed by atoms with E-state index in [2.05, 4.69) is 33.0 Å². The zero-order chi connectivity index (χ0) is 14.1. The molecule has 1 fully saturated rings. The molecule has 1 N–H and O–H groups in total. The molecule has 0 aromatic heterocycles. The van der Waals surface area contributed by atoms with E-state index in [1.165, 1.54) is 7.11 Å². The number of methoxy groups -OCH3 is 1. The number of hydrogen-bond donors (Lipinski definition) is 1. The van der Waals surface area contributed by atoms with Crippen molar-refractivity contribution in [3.63, 3.8) is 0 Å². The first-order chi connectivity index (χ1) is 8.09. The van der Waals surface area contributed by atoms with Gasteiger partial charge in [0.1, 0.15) is 6.04 Å². The van der Waals surface area contributed by atoms with E-state index in [9.17, 15) is 4.79 Å². The normalized spacial score (nSPS) is 27.2. The third kappa shape index (κ3) is 3.45. The lowest BCUT2D eigenvalue weighted by Gasteiger charge is -2.31. The Labute approximate surface area is 110 Å². The van der Waals surface area contributed by atoms with Crippen LogP contribution in [0.1, 0.15) is 48.0 Å². The third-order valence-electron chi connectivity index (χ3n) is 3.58. The summed E-state index contributed by atoms with van der Waals surface area (Å²) in [6, 6.07) is -0.129. The standard InChI is InChI=1S/C14H27NO3/c1-9(2)11(12(16)17-7)15-10-8-13(3,4)18-14(10,5)6/h9-11,15H,8H2,1-7H3. The Bertz CT molecular complexity index is 310. The van der Waals surface area contributed by atoms with E-state index in [1.54, 1.807) is 0 Å². The summed E-state index contributed by atoms with van der Waals surface area (Å²) in [6.07, 6.45) is 0.889. The summed E-state index contributed by atoms with van der Waals surface area (Å²) in [5.74, 6) is -0.0116. The second kappa shape index (κ2) is 5.17. The maximum Gasteiger partial charge on any atom is 0.323 e. The molecule has 0 amide bonds. The molecule has 1 aliphatic rings. The van der Waals surface area contributed by atoms with Gasteiger partial charge in [-0.25, -0.2) is 0 Å². The Balaban J connectivity index is 2.79. The van der Waals surface area contributed by atoms with Crippen molar-refractivity contribution in [2.75, 3.05) is 7.11 Å². The minimum Gasteiger partial charge on any atom is -0.468 e. The van der Waals surface area contributed by atoms with E-state index in [0.717, 1.165) is 6.42 Å². The topological polar surface area (TPSA) is 47.6 Å². The van der Waals surface area contributed by atoms with Crippen LogP contribution in [0.5, 0.6) is 0 Å². The van der Waals surface area contributed by atoms with Gasteiger partial charge in [0, 0.05) is 6.04 Å². The van der Waals surface area contributed by atoms with Gasteiger partial charge in [-0.3, -0.25) is 10.1 Å². The highest BCUT2D eigenvalue weighted by Gasteiger charge is 2.47. The lowest BCUT2D eigenvalue weighted by molar-refractivity contribution is -0.145. The number of rotatable bonds is 4. The van der Waals surface area contributed by atoms with Crippen LogP contribution in [-0.2, 0) is 14.3 Å². The van der Waals surface area contributed by atoms with Crippen LogP contribution >= 0.6 is 0 Å². The summed E-state index contributed by atoms with van der Waals surface area (Å²) in [4.78, 5) is 11.8. The van der Waals surface area contributed by atoms with E-state index >= 15 is 0 Å². The van der Waals surface area contributed by atoms with Crippen molar-refractivity contribution in [3.05, 3.63) is 0 Å². The molecule has 0 aromatic rings. The average Bonchev–Trinajstić information content (AvgIpc) is 2.41. The van der Waals surface area contributed by atoms with Crippen LogP contribution in [0.2, 0.25) is 0 Å². The Morgan fingerprint density at radius 3 is 2.22 bits per heavy atom. The summed E-state index contributed by atoms with van der Waals surface area (Å²) < 4.78 is 10.9. The van der Waals surface area contributed by atoms with Crippen LogP contribution in [0.4, 0.5) is 0 Å². The predicted molar refractivity (Wildman–Crippen MR) is 71.4 cm³/mol. The highest BCUT2D eigenvalue weighted by Crippen LogP contribution is 2.37. The molecule has 2 atom stereocenters. The zero-order valence-corrected chi connectivity index (χ0v) is 12.7. The zero-order valence-electron chi connectivity index (χ0n) is 12.7. The first-order valence-corrected chi connectivity index (χ1v) is 6.63. The molecule has 18 heavy (non-hydrogen) atoms. The Morgan fingerprint density at radius 1 is 1.33 bits per heavy atom. The molecule has 0 spiro atoms. The van der Waals surface area contributed by atoms with Crippen molar-refractivity contribution in [2.24, 2.45) is 5.92 Å². The van der Waals surface area contributed by atoms with Crippen LogP contribution < -0.4 is 5.32 Å². The van der Waals surface area contributed by atoms with Crippen molar-refractivity contribution in [2.45, 2.75) is 71.2 Å². The van der Waals surface area contributed by atoms with Crippen LogP contribution in [0.15, 0.2) is 0 Å². The lowest BCUT2D eigenvalue weighted by Crippen LogP contribution is -2.53. The molecule has 1 saturated heterocycles. The molecule has 0 bridgehead atoms. The minimum atomic E-state index is -0.281. The van der Waals surface area contributed by atoms with Gasteiger partial charge in [-0.05, 0) is 40.0 Å². The van der Waals surface area contributed by atoms with E-state index in [-0.39, 0.29) is 35.2 Å². The first kappa shape index (κ1) is 15.4. The number of esters is 1. The van der Waals surface area contributed by atoms with Gasteiger partial charge in [0.25, 0.3) is 0 Å². The van der Waals surface area contributed by atoms with Crippen molar-refractivity contribution in [1.29, 1.82) is 0 Å². The second-order valence-corrected chi connectivity index (χ2v) is 6.63. The highest BCUT2D eigenvalue weighted by molar-refractivity contribution is 5.76. The Hall–Kier alpha value is -0.610. The molecule has 4 nitrogen and oxygen atoms in total. The summed E-state index contributed by atoms with van der Waals surface area (Å²) >= 11 is 0. The smallest absolute Gasteiger partial charge is 0.323 e. The summed E-state index contributed by atoms with van der Waals surface area (Å²) in [6.45, 7) is 12.3. The third-order valence-corrected chi connectivity index (χ3v) is 3.58. The van der Waals surface area contributed by atoms with Gasteiger partial charge in [-0.2, -0.15) is 0 Å². The number of nitrogens with one attached hydrogen (secondary N) is 1. The largest absolute Gasteiger partial charge is 0.468 e. The molecule has 2 unspecified atom stereocenters. The van der Waals surface area contributed by atoms with Crippen molar-refractivity contribution >= 4 is 5.97 Å². The Morgan fingerprint density at radius 2 is 1.89 bits per heavy atom. The van der Waals surface area contributed by atoms with Crippen LogP contribution in [-0.4, -0.2) is 36.4 Å². The van der Waals surface area contributed by atoms with Gasteiger partial charge in [0.05, 0.1) is 18.3 Å². The quantitative estimate of drug-likeness (QED) is 0.784. The average molecular weight is 257 g/mol. The molecule has 1 heterocycles. The molecule has 4 heteroatoms. The molecular weight excluding hydrogens is 230 g/mol. The Kier molecular flexibility index (Phi) is 4.44. The van der Waals surface area contributed by atoms with Gasteiger partial charge in [-0.1, -0.05) is 13.8 Å². The van der Waals surface area contributed by atoms with Gasteiger partial charge < -0.3 is 9.47 Å². The molecule has 0 aliphatic carbocycles. The number of carbonyl (C=O) groups is 1. The van der Waals surface area contributed by atoms with Crippen molar-refractivity contribution in [1.82, 2.24) is 5.32 Å². The van der Waals surface area contributed by atoms with Gasteiger partial charge >= 0.3 is 5.97 Å². The molecular formula is C14H27NO3. The molecule has 0 radical (unpaired) electrons. The number of hydrogen-bond acceptors (Lipinski definition) is 4. The number of carbonyl (C=O) groups excluding carboxylic acids is 1. The summed E-state index contributed by atoms with van der Waals surface area (Å²) in [5.41, 5.74) is -0.427. The van der Waals surface area contributed by atoms with Crippen molar-refractivity contribution in [3.8, 4) is 0 Å². The van der Waals surface area contributed by atoms with E-state index in [0.29, 0.717) is 0 Å². The maximum absolute atomic E-state index is 11.8. The fraction of sp³-hybridized carbons (Fsp3) is 0.929. The van der Waals surface area contributed by atoms with Gasteiger partial charge in [0.15, 0.2) is 0 Å². The number of ether oxygens (including phenoxy) is 2. The molecule has 106 valence electrons. The molecule has 0 saturated carbocycles. The lowest BCUT2D eigenvalue weighted by atomic mass is 9.92. The van der Waals surface area contributed by atoms with Gasteiger partial charge in [-0.15, -0.1) is 0 Å². The van der Waals surface area contributed by atoms with Crippen LogP contribution in [0.3, 0.4) is 0 Å². The fourth-order valence-electron chi connectivity index (χ4n) is 2.70. The second-order valence-electron chi connectivity index (χ2n) is 6.63. The highest BCUT2D eigenvalue weighted by atomic mass is 16.5. The SMILES string of the molecule is COC(=O)C(NC1CC(C)(C)OC1(C)C)C(C)C. The minimum absolute atomic E-state index is 0.152. The van der Waals surface area contributed by atoms with E-state index in [1.807, 2.05) is 13.8 Å². The van der Waals surface area contributed by atoms with Gasteiger partial charge in [0.2, 0.25) is 0 Å². The predicted octanol–water partition coefficient (Wildman–Crippen LogP) is 2.12. The molecule has 0 aromatic carbocycles. The van der Waals surface area contributed by atoms with Crippen LogP contribution in [0, 0.1) is 5.92 Å². The summed E-state index contributed by atoms with van der Waals surface area (Å²) in [5, 5.41) is 3.41.